The number of carbonyl (C=O) groups excluding carboxylic acids is 1. The van der Waals surface area contributed by atoms with Crippen LogP contribution in [0, 0.1) is 10.1 Å². The van der Waals surface area contributed by atoms with Gasteiger partial charge >= 0.3 is 0 Å². The van der Waals surface area contributed by atoms with Crippen molar-refractivity contribution in [3.05, 3.63) is 62.7 Å². The number of nitro benzene ring substituents is 1. The minimum atomic E-state index is -0.841. The van der Waals surface area contributed by atoms with Crippen molar-refractivity contribution in [1.29, 1.82) is 0 Å². The molecule has 24 heavy (non-hydrogen) atoms. The molecule has 2 aromatic rings. The van der Waals surface area contributed by atoms with Gasteiger partial charge < -0.3 is 9.84 Å². The molecule has 9 heteroatoms. The van der Waals surface area contributed by atoms with Gasteiger partial charge in [-0.05, 0) is 41.6 Å². The summed E-state index contributed by atoms with van der Waals surface area (Å²) >= 11 is 5.73. The molecule has 2 rings (SSSR count). The number of hydrogen-bond donors (Lipinski definition) is 1. The minimum absolute atomic E-state index is 0.0178. The number of nitro groups is 1. The van der Waals surface area contributed by atoms with Gasteiger partial charge in [0.1, 0.15) is 5.75 Å². The first kappa shape index (κ1) is 17.2. The Bertz CT molecular complexity index is 806. The lowest BCUT2D eigenvalue weighted by atomic mass is 10.2. The molecule has 0 saturated carbocycles. The monoisotopic (exact) mass is 348 g/mol. The number of halogens is 1. The van der Waals surface area contributed by atoms with E-state index in [1.807, 2.05) is 0 Å². The molecule has 0 radical (unpaired) electrons. The number of amides is 1. The number of nitrogens with zero attached hydrogens (tertiary/aromatic N) is 2. The van der Waals surface area contributed by atoms with E-state index in [9.17, 15) is 20.0 Å². The Hall–Kier alpha value is -3.13. The van der Waals surface area contributed by atoms with Gasteiger partial charge in [0.15, 0.2) is 0 Å². The summed E-state index contributed by atoms with van der Waals surface area (Å²) in [5, 5.41) is 26.3. The predicted octanol–water partition coefficient (Wildman–Crippen LogP) is 2.09. The van der Waals surface area contributed by atoms with Gasteiger partial charge in [0.05, 0.1) is 18.2 Å². The first-order valence-electron chi connectivity index (χ1n) is 6.54. The van der Waals surface area contributed by atoms with Gasteiger partial charge in [-0.25, -0.2) is 5.43 Å². The predicted molar refractivity (Wildman–Crippen MR) is 85.6 cm³/mol. The molecule has 0 heterocycles. The van der Waals surface area contributed by atoms with E-state index in [1.54, 1.807) is 12.1 Å². The van der Waals surface area contributed by atoms with E-state index in [2.05, 4.69) is 10.5 Å². The summed E-state index contributed by atoms with van der Waals surface area (Å²) in [5.41, 5.74) is 1.78. The van der Waals surface area contributed by atoms with Crippen LogP contribution in [0.4, 0.5) is 5.69 Å². The summed E-state index contributed by atoms with van der Waals surface area (Å²) < 4.78 is 4.98. The summed E-state index contributed by atoms with van der Waals surface area (Å²) in [6.07, 6.45) is 1.00. The zero-order chi connectivity index (χ0) is 17.7. The Morgan fingerprint density at radius 1 is 1.33 bits per heavy atom. The largest absolute Gasteiger partial charge is 0.867 e. The molecule has 0 saturated heterocycles. The fourth-order valence-electron chi connectivity index (χ4n) is 1.80. The lowest BCUT2D eigenvalue weighted by Crippen LogP contribution is -2.17. The Labute approximate surface area is 141 Å². The normalized spacial score (nSPS) is 10.6. The smallest absolute Gasteiger partial charge is 0.271 e. The second-order valence-electron chi connectivity index (χ2n) is 4.53. The number of hydrazone groups is 1. The van der Waals surface area contributed by atoms with E-state index in [-0.39, 0.29) is 10.6 Å². The first-order valence-corrected chi connectivity index (χ1v) is 6.92. The molecule has 0 fully saturated rings. The molecule has 0 aliphatic carbocycles. The molecule has 0 bridgehead atoms. The van der Waals surface area contributed by atoms with Crippen molar-refractivity contribution in [2.75, 3.05) is 7.11 Å². The van der Waals surface area contributed by atoms with E-state index >= 15 is 0 Å². The molecule has 8 nitrogen and oxygen atoms in total. The summed E-state index contributed by atoms with van der Waals surface area (Å²) in [6.45, 7) is 0. The fourth-order valence-corrected chi connectivity index (χ4v) is 2.02. The van der Waals surface area contributed by atoms with Gasteiger partial charge in [0.2, 0.25) is 0 Å². The van der Waals surface area contributed by atoms with Gasteiger partial charge in [0, 0.05) is 16.7 Å². The van der Waals surface area contributed by atoms with Crippen LogP contribution in [0.3, 0.4) is 0 Å². The van der Waals surface area contributed by atoms with Crippen molar-refractivity contribution >= 4 is 29.4 Å². The highest BCUT2D eigenvalue weighted by Crippen LogP contribution is 2.29. The van der Waals surface area contributed by atoms with Crippen LogP contribution in [0.25, 0.3) is 0 Å². The molecule has 0 aliphatic heterocycles. The maximum Gasteiger partial charge on any atom is 0.271 e. The van der Waals surface area contributed by atoms with Crippen molar-refractivity contribution in [2.45, 2.75) is 0 Å². The highest BCUT2D eigenvalue weighted by atomic mass is 35.5. The van der Waals surface area contributed by atoms with Crippen LogP contribution < -0.4 is 15.3 Å². The van der Waals surface area contributed by atoms with Crippen molar-refractivity contribution in [1.82, 2.24) is 5.43 Å². The number of carbonyl (C=O) groups is 1. The van der Waals surface area contributed by atoms with Crippen molar-refractivity contribution in [3.63, 3.8) is 0 Å². The van der Waals surface area contributed by atoms with Crippen LogP contribution in [0.15, 0.2) is 41.5 Å². The number of nitrogens with one attached hydrogen (secondary N) is 1. The van der Waals surface area contributed by atoms with E-state index in [4.69, 9.17) is 16.3 Å². The van der Waals surface area contributed by atoms with Crippen LogP contribution >= 0.6 is 11.6 Å². The molecule has 0 spiro atoms. The zero-order valence-electron chi connectivity index (χ0n) is 12.4. The Kier molecular flexibility index (Phi) is 5.33. The average Bonchev–Trinajstić information content (AvgIpc) is 2.57. The highest BCUT2D eigenvalue weighted by molar-refractivity contribution is 6.31. The van der Waals surface area contributed by atoms with Crippen LogP contribution in [0.5, 0.6) is 11.5 Å². The number of ether oxygens (including phenoxy) is 1. The van der Waals surface area contributed by atoms with E-state index in [1.165, 1.54) is 25.3 Å². The third-order valence-electron chi connectivity index (χ3n) is 2.98. The van der Waals surface area contributed by atoms with Crippen molar-refractivity contribution < 1.29 is 19.6 Å². The average molecular weight is 349 g/mol. The maximum absolute atomic E-state index is 11.9. The van der Waals surface area contributed by atoms with Gasteiger partial charge in [-0.2, -0.15) is 5.10 Å². The maximum atomic E-state index is 11.9. The van der Waals surface area contributed by atoms with Crippen LogP contribution in [-0.2, 0) is 0 Å². The molecular formula is C15H11ClN3O5-. The van der Waals surface area contributed by atoms with Gasteiger partial charge in [-0.1, -0.05) is 11.6 Å². The third kappa shape index (κ3) is 3.99. The van der Waals surface area contributed by atoms with Gasteiger partial charge in [-0.3, -0.25) is 14.9 Å². The molecule has 124 valence electrons. The SMILES string of the molecule is COc1ccc(C(=O)N/N=C\c2cc(Cl)cc([N+](=O)[O-])c2[O-])cc1. The van der Waals surface area contributed by atoms with Gasteiger partial charge in [-0.15, -0.1) is 0 Å². The summed E-state index contributed by atoms with van der Waals surface area (Å²) in [6, 6.07) is 8.46. The standard InChI is InChI=1S/C15H12ClN3O5/c1-24-12-4-2-9(3-5-12)15(21)18-17-8-10-6-11(16)7-13(14(10)20)19(22)23/h2-8,20H,1H3,(H,18,21)/p-1/b17-8-. The van der Waals surface area contributed by atoms with Crippen molar-refractivity contribution in [2.24, 2.45) is 5.10 Å². The van der Waals surface area contributed by atoms with Crippen LogP contribution in [0.2, 0.25) is 5.02 Å². The van der Waals surface area contributed by atoms with E-state index < -0.39 is 22.3 Å². The molecule has 1 N–H and O–H groups in total. The van der Waals surface area contributed by atoms with Crippen molar-refractivity contribution in [3.8, 4) is 11.5 Å². The number of hydrogen-bond acceptors (Lipinski definition) is 6. The molecule has 1 amide bonds. The highest BCUT2D eigenvalue weighted by Gasteiger charge is 2.11. The number of methoxy groups -OCH3 is 1. The topological polar surface area (TPSA) is 117 Å². The lowest BCUT2D eigenvalue weighted by Gasteiger charge is -2.10. The van der Waals surface area contributed by atoms with Gasteiger partial charge in [0.25, 0.3) is 11.6 Å². The Balaban J connectivity index is 2.13. The fraction of sp³-hybridized carbons (Fsp3) is 0.0667. The third-order valence-corrected chi connectivity index (χ3v) is 3.20. The van der Waals surface area contributed by atoms with E-state index in [0.717, 1.165) is 12.3 Å². The quantitative estimate of drug-likeness (QED) is 0.504. The number of benzene rings is 2. The first-order chi connectivity index (χ1) is 11.4. The molecule has 0 aliphatic rings. The zero-order valence-corrected chi connectivity index (χ0v) is 13.1. The molecule has 0 aromatic heterocycles. The Morgan fingerprint density at radius 3 is 2.58 bits per heavy atom. The summed E-state index contributed by atoms with van der Waals surface area (Å²) in [4.78, 5) is 21.8. The summed E-state index contributed by atoms with van der Waals surface area (Å²) in [5.74, 6) is -0.762. The second-order valence-corrected chi connectivity index (χ2v) is 4.96. The second kappa shape index (κ2) is 7.42. The van der Waals surface area contributed by atoms with E-state index in [0.29, 0.717) is 11.3 Å². The summed E-state index contributed by atoms with van der Waals surface area (Å²) in [7, 11) is 1.50. The van der Waals surface area contributed by atoms with Crippen LogP contribution in [0.1, 0.15) is 15.9 Å². The molecule has 0 unspecified atom stereocenters. The Morgan fingerprint density at radius 2 is 2.00 bits per heavy atom. The number of rotatable bonds is 5. The minimum Gasteiger partial charge on any atom is -0.867 e. The molecule has 0 atom stereocenters. The molecular weight excluding hydrogens is 338 g/mol. The lowest BCUT2D eigenvalue weighted by molar-refractivity contribution is -0.398. The van der Waals surface area contributed by atoms with Crippen LogP contribution in [-0.4, -0.2) is 24.2 Å². The molecule has 2 aromatic carbocycles.